The molecule has 2 rings (SSSR count). The van der Waals surface area contributed by atoms with Gasteiger partial charge in [-0.15, -0.1) is 0 Å². The zero-order valence-electron chi connectivity index (χ0n) is 9.49. The second kappa shape index (κ2) is 4.66. The average Bonchev–Trinajstić information content (AvgIpc) is 2.73. The van der Waals surface area contributed by atoms with Gasteiger partial charge in [0.15, 0.2) is 11.6 Å². The number of aromatic carboxylic acids is 1. The number of pyridine rings is 1. The van der Waals surface area contributed by atoms with E-state index < -0.39 is 5.97 Å². The Kier molecular flexibility index (Phi) is 3.05. The van der Waals surface area contributed by atoms with Gasteiger partial charge in [-0.2, -0.15) is 9.78 Å². The van der Waals surface area contributed by atoms with Crippen molar-refractivity contribution in [2.45, 2.75) is 6.92 Å². The molecule has 2 heterocycles. The van der Waals surface area contributed by atoms with Gasteiger partial charge in [0.1, 0.15) is 5.56 Å². The summed E-state index contributed by atoms with van der Waals surface area (Å²) in [6, 6.07) is 5.12. The maximum absolute atomic E-state index is 11.1. The first-order valence-electron chi connectivity index (χ1n) is 5.10. The molecule has 18 heavy (non-hydrogen) atoms. The molecule has 0 fully saturated rings. The van der Waals surface area contributed by atoms with Crippen molar-refractivity contribution in [3.8, 4) is 5.82 Å². The number of carboxylic acid groups (broad SMARTS) is 1. The average molecular weight is 246 g/mol. The Labute approximate surface area is 102 Å². The van der Waals surface area contributed by atoms with Gasteiger partial charge in [-0.05, 0) is 12.1 Å². The molecule has 7 heteroatoms. The minimum absolute atomic E-state index is 0.0872. The monoisotopic (exact) mass is 246 g/mol. The van der Waals surface area contributed by atoms with E-state index in [0.29, 0.717) is 5.82 Å². The number of hydrogen-bond donors (Lipinski definition) is 2. The van der Waals surface area contributed by atoms with Gasteiger partial charge in [-0.25, -0.2) is 9.78 Å². The fourth-order valence-corrected chi connectivity index (χ4v) is 1.44. The van der Waals surface area contributed by atoms with Crippen LogP contribution in [0.25, 0.3) is 5.82 Å². The molecule has 0 radical (unpaired) electrons. The standard InChI is InChI=1S/C11H10N4O3/c1-7(16)14-10-8(11(17)18)6-13-15(10)9-4-2-3-5-12-9/h2-6H,1H3,(H,14,16)(H,17,18). The second-order valence-electron chi connectivity index (χ2n) is 3.49. The van der Waals surface area contributed by atoms with Crippen molar-refractivity contribution >= 4 is 17.7 Å². The van der Waals surface area contributed by atoms with Crippen LogP contribution in [0.3, 0.4) is 0 Å². The first kappa shape index (κ1) is 11.8. The summed E-state index contributed by atoms with van der Waals surface area (Å²) >= 11 is 0. The van der Waals surface area contributed by atoms with E-state index >= 15 is 0 Å². The summed E-state index contributed by atoms with van der Waals surface area (Å²) in [4.78, 5) is 26.2. The highest BCUT2D eigenvalue weighted by molar-refractivity contribution is 5.98. The van der Waals surface area contributed by atoms with Gasteiger partial charge in [0, 0.05) is 13.1 Å². The molecule has 0 aliphatic carbocycles. The molecule has 0 aromatic carbocycles. The lowest BCUT2D eigenvalue weighted by atomic mass is 10.3. The highest BCUT2D eigenvalue weighted by Gasteiger charge is 2.18. The number of hydrogen-bond acceptors (Lipinski definition) is 4. The Bertz CT molecular complexity index is 592. The van der Waals surface area contributed by atoms with Crippen LogP contribution in [0, 0.1) is 0 Å². The van der Waals surface area contributed by atoms with Gasteiger partial charge in [0.2, 0.25) is 5.91 Å². The zero-order valence-corrected chi connectivity index (χ0v) is 9.49. The van der Waals surface area contributed by atoms with Crippen LogP contribution in [0.2, 0.25) is 0 Å². The van der Waals surface area contributed by atoms with E-state index in [0.717, 1.165) is 0 Å². The van der Waals surface area contributed by atoms with E-state index in [1.807, 2.05) is 0 Å². The van der Waals surface area contributed by atoms with Gasteiger partial charge >= 0.3 is 5.97 Å². The predicted molar refractivity (Wildman–Crippen MR) is 62.6 cm³/mol. The van der Waals surface area contributed by atoms with Gasteiger partial charge in [-0.3, -0.25) is 4.79 Å². The summed E-state index contributed by atoms with van der Waals surface area (Å²) < 4.78 is 1.27. The van der Waals surface area contributed by atoms with Crippen molar-refractivity contribution in [2.75, 3.05) is 5.32 Å². The fraction of sp³-hybridized carbons (Fsp3) is 0.0909. The molecule has 0 aliphatic rings. The molecule has 0 atom stereocenters. The molecule has 1 amide bonds. The van der Waals surface area contributed by atoms with Crippen molar-refractivity contribution < 1.29 is 14.7 Å². The number of carbonyl (C=O) groups excluding carboxylic acids is 1. The van der Waals surface area contributed by atoms with Crippen LogP contribution < -0.4 is 5.32 Å². The molecular weight excluding hydrogens is 236 g/mol. The molecule has 0 spiro atoms. The van der Waals surface area contributed by atoms with Crippen LogP contribution >= 0.6 is 0 Å². The summed E-state index contributed by atoms with van der Waals surface area (Å²) in [6.45, 7) is 1.29. The van der Waals surface area contributed by atoms with Crippen LogP contribution in [-0.4, -0.2) is 31.7 Å². The maximum atomic E-state index is 11.1. The summed E-state index contributed by atoms with van der Waals surface area (Å²) in [6.07, 6.45) is 2.72. The Morgan fingerprint density at radius 2 is 2.17 bits per heavy atom. The smallest absolute Gasteiger partial charge is 0.341 e. The Hall–Kier alpha value is -2.70. The molecule has 0 unspecified atom stereocenters. The fourth-order valence-electron chi connectivity index (χ4n) is 1.44. The SMILES string of the molecule is CC(=O)Nc1c(C(=O)O)cnn1-c1ccccn1. The van der Waals surface area contributed by atoms with Gasteiger partial charge < -0.3 is 10.4 Å². The van der Waals surface area contributed by atoms with Crippen molar-refractivity contribution in [3.63, 3.8) is 0 Å². The molecule has 0 saturated heterocycles. The van der Waals surface area contributed by atoms with E-state index in [9.17, 15) is 9.59 Å². The van der Waals surface area contributed by atoms with Gasteiger partial charge in [0.05, 0.1) is 6.20 Å². The van der Waals surface area contributed by atoms with E-state index in [-0.39, 0.29) is 17.3 Å². The van der Waals surface area contributed by atoms with E-state index in [1.165, 1.54) is 17.8 Å². The Balaban J connectivity index is 2.54. The number of rotatable bonds is 3. The molecular formula is C11H10N4O3. The van der Waals surface area contributed by atoms with Crippen molar-refractivity contribution in [1.82, 2.24) is 14.8 Å². The molecule has 0 bridgehead atoms. The molecule has 2 aromatic rings. The number of amides is 1. The topological polar surface area (TPSA) is 97.1 Å². The molecule has 2 N–H and O–H groups in total. The summed E-state index contributed by atoms with van der Waals surface area (Å²) in [5.41, 5.74) is -0.0872. The summed E-state index contributed by atoms with van der Waals surface area (Å²) in [5.74, 6) is -1.03. The number of anilines is 1. The third-order valence-corrected chi connectivity index (χ3v) is 2.16. The van der Waals surface area contributed by atoms with E-state index in [4.69, 9.17) is 5.11 Å². The number of nitrogens with zero attached hydrogens (tertiary/aromatic N) is 3. The second-order valence-corrected chi connectivity index (χ2v) is 3.49. The molecule has 2 aromatic heterocycles. The Morgan fingerprint density at radius 1 is 1.39 bits per heavy atom. The van der Waals surface area contributed by atoms with Crippen LogP contribution in [0.4, 0.5) is 5.82 Å². The first-order valence-corrected chi connectivity index (χ1v) is 5.10. The lowest BCUT2D eigenvalue weighted by Gasteiger charge is -2.07. The van der Waals surface area contributed by atoms with Gasteiger partial charge in [0.25, 0.3) is 0 Å². The number of aromatic nitrogens is 3. The molecule has 92 valence electrons. The van der Waals surface area contributed by atoms with Crippen LogP contribution in [0.5, 0.6) is 0 Å². The molecule has 0 aliphatic heterocycles. The summed E-state index contributed by atoms with van der Waals surface area (Å²) in [7, 11) is 0. The maximum Gasteiger partial charge on any atom is 0.341 e. The first-order chi connectivity index (χ1) is 8.59. The normalized spacial score (nSPS) is 10.1. The van der Waals surface area contributed by atoms with E-state index in [2.05, 4.69) is 15.4 Å². The van der Waals surface area contributed by atoms with Crippen LogP contribution in [0.15, 0.2) is 30.6 Å². The van der Waals surface area contributed by atoms with Crippen molar-refractivity contribution in [3.05, 3.63) is 36.2 Å². The van der Waals surface area contributed by atoms with E-state index in [1.54, 1.807) is 24.4 Å². The minimum Gasteiger partial charge on any atom is -0.477 e. The van der Waals surface area contributed by atoms with Crippen molar-refractivity contribution in [1.29, 1.82) is 0 Å². The minimum atomic E-state index is -1.17. The lowest BCUT2D eigenvalue weighted by Crippen LogP contribution is -2.14. The largest absolute Gasteiger partial charge is 0.477 e. The highest BCUT2D eigenvalue weighted by Crippen LogP contribution is 2.18. The number of carbonyl (C=O) groups is 2. The summed E-state index contributed by atoms with van der Waals surface area (Å²) in [5, 5.41) is 15.4. The van der Waals surface area contributed by atoms with Gasteiger partial charge in [-0.1, -0.05) is 6.07 Å². The van der Waals surface area contributed by atoms with Crippen LogP contribution in [-0.2, 0) is 4.79 Å². The zero-order chi connectivity index (χ0) is 13.1. The predicted octanol–water partition coefficient (Wildman–Crippen LogP) is 0.924. The number of nitrogens with one attached hydrogen (secondary N) is 1. The Morgan fingerprint density at radius 3 is 2.72 bits per heavy atom. The molecule has 7 nitrogen and oxygen atoms in total. The third kappa shape index (κ3) is 2.19. The third-order valence-electron chi connectivity index (χ3n) is 2.16. The lowest BCUT2D eigenvalue weighted by molar-refractivity contribution is -0.114. The van der Waals surface area contributed by atoms with Crippen molar-refractivity contribution in [2.24, 2.45) is 0 Å². The van der Waals surface area contributed by atoms with Crippen LogP contribution in [0.1, 0.15) is 17.3 Å². The molecule has 0 saturated carbocycles. The number of carboxylic acids is 1. The highest BCUT2D eigenvalue weighted by atomic mass is 16.4. The quantitative estimate of drug-likeness (QED) is 0.839.